The number of hydrogen-bond acceptors (Lipinski definition) is 5. The third kappa shape index (κ3) is 4.27. The molecule has 0 spiro atoms. The molecule has 0 radical (unpaired) electrons. The number of ether oxygens (including phenoxy) is 2. The topological polar surface area (TPSA) is 71.6 Å². The number of rotatable bonds is 6. The molecule has 1 aliphatic rings. The maximum Gasteiger partial charge on any atom is 0.238 e. The molecule has 3 N–H and O–H groups in total. The zero-order valence-electron chi connectivity index (χ0n) is 14.7. The highest BCUT2D eigenvalue weighted by molar-refractivity contribution is 6.30. The van der Waals surface area contributed by atoms with Gasteiger partial charge < -0.3 is 14.8 Å². The zero-order chi connectivity index (χ0) is 18.5. The molecule has 3 rings (SSSR count). The molecule has 2 atom stereocenters. The van der Waals surface area contributed by atoms with Gasteiger partial charge in [-0.3, -0.25) is 4.79 Å². The third-order valence-corrected chi connectivity index (χ3v) is 4.67. The SMILES string of the molecule is COc1ccc(C2CC(C(=O)NCc3ccc(Cl)cc3)NN2)c(OC)c1. The molecule has 1 aliphatic heterocycles. The predicted molar refractivity (Wildman–Crippen MR) is 100 cm³/mol. The van der Waals surface area contributed by atoms with E-state index in [1.807, 2.05) is 42.5 Å². The van der Waals surface area contributed by atoms with Gasteiger partial charge in [0.2, 0.25) is 5.91 Å². The molecule has 1 amide bonds. The van der Waals surface area contributed by atoms with E-state index in [1.54, 1.807) is 14.2 Å². The van der Waals surface area contributed by atoms with Crippen LogP contribution in [0.1, 0.15) is 23.6 Å². The van der Waals surface area contributed by atoms with Crippen molar-refractivity contribution in [3.05, 3.63) is 58.6 Å². The molecule has 1 fully saturated rings. The predicted octanol–water partition coefficient (Wildman–Crippen LogP) is 2.58. The molecule has 2 unspecified atom stereocenters. The van der Waals surface area contributed by atoms with Crippen molar-refractivity contribution in [3.8, 4) is 11.5 Å². The number of carbonyl (C=O) groups excluding carboxylic acids is 1. The minimum absolute atomic E-state index is 0.0258. The standard InChI is InChI=1S/C19H22ClN3O3/c1-25-14-7-8-15(18(9-14)26-2)16-10-17(23-22-16)19(24)21-11-12-3-5-13(20)6-4-12/h3-9,16-17,22-23H,10-11H2,1-2H3,(H,21,24). The molecule has 6 nitrogen and oxygen atoms in total. The van der Waals surface area contributed by atoms with E-state index in [0.29, 0.717) is 18.0 Å². The van der Waals surface area contributed by atoms with Crippen molar-refractivity contribution in [2.24, 2.45) is 0 Å². The lowest BCUT2D eigenvalue weighted by molar-refractivity contribution is -0.123. The summed E-state index contributed by atoms with van der Waals surface area (Å²) in [5.74, 6) is 1.40. The van der Waals surface area contributed by atoms with Gasteiger partial charge in [-0.15, -0.1) is 0 Å². The van der Waals surface area contributed by atoms with E-state index in [-0.39, 0.29) is 18.0 Å². The first kappa shape index (κ1) is 18.5. The normalized spacial score (nSPS) is 19.2. The molecule has 0 aliphatic carbocycles. The quantitative estimate of drug-likeness (QED) is 0.724. The molecule has 0 saturated carbocycles. The Morgan fingerprint density at radius 3 is 2.62 bits per heavy atom. The first-order chi connectivity index (χ1) is 12.6. The maximum absolute atomic E-state index is 12.4. The number of methoxy groups -OCH3 is 2. The van der Waals surface area contributed by atoms with Crippen molar-refractivity contribution in [3.63, 3.8) is 0 Å². The Hall–Kier alpha value is -2.28. The summed E-state index contributed by atoms with van der Waals surface area (Å²) in [5.41, 5.74) is 8.22. The lowest BCUT2D eigenvalue weighted by Gasteiger charge is -2.15. The summed E-state index contributed by atoms with van der Waals surface area (Å²) in [4.78, 5) is 12.4. The van der Waals surface area contributed by atoms with Crippen LogP contribution in [0.15, 0.2) is 42.5 Å². The van der Waals surface area contributed by atoms with Crippen molar-refractivity contribution in [1.82, 2.24) is 16.2 Å². The average Bonchev–Trinajstić information content (AvgIpc) is 3.16. The van der Waals surface area contributed by atoms with Gasteiger partial charge in [-0.2, -0.15) is 0 Å². The van der Waals surface area contributed by atoms with Gasteiger partial charge in [-0.1, -0.05) is 29.8 Å². The lowest BCUT2D eigenvalue weighted by atomic mass is 10.0. The number of amides is 1. The largest absolute Gasteiger partial charge is 0.497 e. The molecule has 26 heavy (non-hydrogen) atoms. The van der Waals surface area contributed by atoms with E-state index in [2.05, 4.69) is 16.2 Å². The van der Waals surface area contributed by atoms with E-state index in [4.69, 9.17) is 21.1 Å². The van der Waals surface area contributed by atoms with Crippen LogP contribution in [0.3, 0.4) is 0 Å². The van der Waals surface area contributed by atoms with Crippen molar-refractivity contribution < 1.29 is 14.3 Å². The van der Waals surface area contributed by atoms with Gasteiger partial charge in [0.25, 0.3) is 0 Å². The first-order valence-electron chi connectivity index (χ1n) is 8.36. The number of halogens is 1. The summed E-state index contributed by atoms with van der Waals surface area (Å²) in [7, 11) is 3.24. The molecular formula is C19H22ClN3O3. The van der Waals surface area contributed by atoms with E-state index >= 15 is 0 Å². The second-order valence-corrected chi connectivity index (χ2v) is 6.52. The molecule has 2 aromatic carbocycles. The second-order valence-electron chi connectivity index (χ2n) is 6.08. The van der Waals surface area contributed by atoms with Gasteiger partial charge in [0, 0.05) is 23.2 Å². The molecule has 0 bridgehead atoms. The summed E-state index contributed by atoms with van der Waals surface area (Å²) in [5, 5.41) is 3.62. The Morgan fingerprint density at radius 1 is 1.15 bits per heavy atom. The zero-order valence-corrected chi connectivity index (χ0v) is 15.5. The van der Waals surface area contributed by atoms with Crippen LogP contribution >= 0.6 is 11.6 Å². The molecular weight excluding hydrogens is 354 g/mol. The number of carbonyl (C=O) groups is 1. The smallest absolute Gasteiger partial charge is 0.238 e. The van der Waals surface area contributed by atoms with Crippen LogP contribution in [0.4, 0.5) is 0 Å². The fraction of sp³-hybridized carbons (Fsp3) is 0.316. The highest BCUT2D eigenvalue weighted by Gasteiger charge is 2.31. The highest BCUT2D eigenvalue weighted by Crippen LogP contribution is 2.33. The fourth-order valence-electron chi connectivity index (χ4n) is 2.95. The van der Waals surface area contributed by atoms with Gasteiger partial charge in [-0.25, -0.2) is 10.9 Å². The summed E-state index contributed by atoms with van der Waals surface area (Å²) < 4.78 is 10.7. The third-order valence-electron chi connectivity index (χ3n) is 4.42. The van der Waals surface area contributed by atoms with E-state index in [0.717, 1.165) is 22.6 Å². The average molecular weight is 376 g/mol. The monoisotopic (exact) mass is 375 g/mol. The minimum atomic E-state index is -0.320. The van der Waals surface area contributed by atoms with Crippen LogP contribution in [0.5, 0.6) is 11.5 Å². The van der Waals surface area contributed by atoms with Crippen molar-refractivity contribution in [1.29, 1.82) is 0 Å². The highest BCUT2D eigenvalue weighted by atomic mass is 35.5. The van der Waals surface area contributed by atoms with Crippen LogP contribution in [-0.2, 0) is 11.3 Å². The summed E-state index contributed by atoms with van der Waals surface area (Å²) in [6.45, 7) is 0.463. The molecule has 138 valence electrons. The van der Waals surface area contributed by atoms with E-state index < -0.39 is 0 Å². The van der Waals surface area contributed by atoms with Gasteiger partial charge in [0.15, 0.2) is 0 Å². The Labute approximate surface area is 157 Å². The lowest BCUT2D eigenvalue weighted by Crippen LogP contribution is -2.42. The van der Waals surface area contributed by atoms with Crippen LogP contribution in [0.25, 0.3) is 0 Å². The van der Waals surface area contributed by atoms with Crippen molar-refractivity contribution >= 4 is 17.5 Å². The molecule has 1 saturated heterocycles. The van der Waals surface area contributed by atoms with Crippen LogP contribution in [-0.4, -0.2) is 26.2 Å². The maximum atomic E-state index is 12.4. The Balaban J connectivity index is 1.59. The van der Waals surface area contributed by atoms with Crippen molar-refractivity contribution in [2.45, 2.75) is 25.0 Å². The summed E-state index contributed by atoms with van der Waals surface area (Å²) >= 11 is 5.87. The Bertz CT molecular complexity index is 767. The number of nitrogens with one attached hydrogen (secondary N) is 3. The number of benzene rings is 2. The van der Waals surface area contributed by atoms with Crippen LogP contribution in [0, 0.1) is 0 Å². The Morgan fingerprint density at radius 2 is 1.92 bits per heavy atom. The van der Waals surface area contributed by atoms with E-state index in [1.165, 1.54) is 0 Å². The second kappa shape index (κ2) is 8.40. The molecule has 7 heteroatoms. The van der Waals surface area contributed by atoms with Gasteiger partial charge in [-0.05, 0) is 30.2 Å². The van der Waals surface area contributed by atoms with Gasteiger partial charge in [0.1, 0.15) is 17.5 Å². The number of hydrazine groups is 1. The first-order valence-corrected chi connectivity index (χ1v) is 8.73. The van der Waals surface area contributed by atoms with E-state index in [9.17, 15) is 4.79 Å². The minimum Gasteiger partial charge on any atom is -0.497 e. The fourth-order valence-corrected chi connectivity index (χ4v) is 3.08. The summed E-state index contributed by atoms with van der Waals surface area (Å²) in [6.07, 6.45) is 0.620. The molecule has 0 aromatic heterocycles. The molecule has 1 heterocycles. The van der Waals surface area contributed by atoms with Gasteiger partial charge in [0.05, 0.1) is 20.3 Å². The van der Waals surface area contributed by atoms with Crippen molar-refractivity contribution in [2.75, 3.05) is 14.2 Å². The summed E-state index contributed by atoms with van der Waals surface area (Å²) in [6, 6.07) is 12.7. The van der Waals surface area contributed by atoms with Gasteiger partial charge >= 0.3 is 0 Å². The van der Waals surface area contributed by atoms with Crippen LogP contribution in [0.2, 0.25) is 5.02 Å². The van der Waals surface area contributed by atoms with Crippen LogP contribution < -0.4 is 25.6 Å². The number of hydrogen-bond donors (Lipinski definition) is 3. The Kier molecular flexibility index (Phi) is 5.98. The molecule has 2 aromatic rings.